The fourth-order valence-electron chi connectivity index (χ4n) is 1.40. The number of aliphatic hydroxyl groups is 1. The summed E-state index contributed by atoms with van der Waals surface area (Å²) in [7, 11) is 1.62. The molecule has 0 fully saturated rings. The van der Waals surface area contributed by atoms with Gasteiger partial charge < -0.3 is 20.0 Å². The van der Waals surface area contributed by atoms with E-state index in [1.54, 1.807) is 7.11 Å². The van der Waals surface area contributed by atoms with E-state index in [9.17, 15) is 5.11 Å². The first-order chi connectivity index (χ1) is 9.11. The Balaban J connectivity index is 2.28. The molecular weight excluding hydrogens is 244 g/mol. The first-order valence-electron chi connectivity index (χ1n) is 6.31. The zero-order valence-electron chi connectivity index (χ0n) is 11.7. The summed E-state index contributed by atoms with van der Waals surface area (Å²) in [4.78, 5) is 5.12. The number of hydrogen-bond acceptors (Lipinski definition) is 5. The molecule has 1 aromatic carbocycles. The smallest absolute Gasteiger partial charge is 0.142 e. The lowest BCUT2D eigenvalue weighted by atomic mass is 10.2. The number of hydrogen-bond donors (Lipinski definition) is 2. The van der Waals surface area contributed by atoms with Crippen LogP contribution >= 0.6 is 0 Å². The standard InChI is InChI=1S/C14H22N2O3/c1-11(2)15-8-13(17)9-16-19-10-12-5-4-6-14(7-12)18-3/h4-7,9,11,13,15,17H,8,10H2,1-3H3/b16-9+. The van der Waals surface area contributed by atoms with E-state index in [1.807, 2.05) is 38.1 Å². The molecule has 1 unspecified atom stereocenters. The van der Waals surface area contributed by atoms with Gasteiger partial charge in [-0.05, 0) is 17.7 Å². The second kappa shape index (κ2) is 8.50. The molecule has 0 radical (unpaired) electrons. The van der Waals surface area contributed by atoms with Crippen LogP contribution in [0.4, 0.5) is 0 Å². The predicted molar refractivity (Wildman–Crippen MR) is 75.4 cm³/mol. The van der Waals surface area contributed by atoms with Crippen LogP contribution in [0.5, 0.6) is 5.75 Å². The van der Waals surface area contributed by atoms with Crippen LogP contribution in [0, 0.1) is 0 Å². The first kappa shape index (κ1) is 15.5. The average Bonchev–Trinajstić information content (AvgIpc) is 2.41. The highest BCUT2D eigenvalue weighted by atomic mass is 16.6. The molecule has 1 rings (SSSR count). The SMILES string of the molecule is COc1cccc(CO/N=C/C(O)CNC(C)C)c1. The third kappa shape index (κ3) is 6.79. The van der Waals surface area contributed by atoms with Crippen molar-refractivity contribution in [3.8, 4) is 5.75 Å². The summed E-state index contributed by atoms with van der Waals surface area (Å²) in [6, 6.07) is 7.90. The molecule has 0 amide bonds. The molecule has 5 nitrogen and oxygen atoms in total. The van der Waals surface area contributed by atoms with Gasteiger partial charge in [0.1, 0.15) is 18.5 Å². The zero-order valence-corrected chi connectivity index (χ0v) is 11.7. The molecule has 106 valence electrons. The molecule has 2 N–H and O–H groups in total. The van der Waals surface area contributed by atoms with Crippen molar-refractivity contribution >= 4 is 6.21 Å². The number of nitrogens with zero attached hydrogens (tertiary/aromatic N) is 1. The minimum Gasteiger partial charge on any atom is -0.497 e. The Morgan fingerprint density at radius 1 is 1.42 bits per heavy atom. The number of aliphatic hydroxyl groups excluding tert-OH is 1. The van der Waals surface area contributed by atoms with Crippen molar-refractivity contribution in [3.63, 3.8) is 0 Å². The summed E-state index contributed by atoms with van der Waals surface area (Å²) in [6.07, 6.45) is 0.739. The second-order valence-corrected chi connectivity index (χ2v) is 4.51. The van der Waals surface area contributed by atoms with Crippen molar-refractivity contribution in [2.45, 2.75) is 32.6 Å². The van der Waals surface area contributed by atoms with Crippen LogP contribution in [0.25, 0.3) is 0 Å². The van der Waals surface area contributed by atoms with Gasteiger partial charge in [0.15, 0.2) is 0 Å². The van der Waals surface area contributed by atoms with Crippen molar-refractivity contribution < 1.29 is 14.7 Å². The van der Waals surface area contributed by atoms with E-state index in [1.165, 1.54) is 6.21 Å². The van der Waals surface area contributed by atoms with Crippen LogP contribution in [0.2, 0.25) is 0 Å². The minimum absolute atomic E-state index is 0.334. The number of ether oxygens (including phenoxy) is 1. The first-order valence-corrected chi connectivity index (χ1v) is 6.31. The summed E-state index contributed by atoms with van der Waals surface area (Å²) in [6.45, 7) is 4.84. The van der Waals surface area contributed by atoms with Crippen molar-refractivity contribution in [1.82, 2.24) is 5.32 Å². The van der Waals surface area contributed by atoms with Crippen LogP contribution in [-0.2, 0) is 11.4 Å². The number of nitrogens with one attached hydrogen (secondary N) is 1. The molecule has 0 bridgehead atoms. The number of rotatable bonds is 8. The Labute approximate surface area is 114 Å². The topological polar surface area (TPSA) is 63.1 Å². The Hall–Kier alpha value is -1.59. The van der Waals surface area contributed by atoms with Gasteiger partial charge >= 0.3 is 0 Å². The van der Waals surface area contributed by atoms with Gasteiger partial charge in [-0.1, -0.05) is 31.1 Å². The monoisotopic (exact) mass is 266 g/mol. The molecule has 5 heteroatoms. The maximum absolute atomic E-state index is 9.57. The minimum atomic E-state index is -0.646. The quantitative estimate of drug-likeness (QED) is 0.553. The molecular formula is C14H22N2O3. The highest BCUT2D eigenvalue weighted by Gasteiger charge is 2.01. The van der Waals surface area contributed by atoms with Crippen molar-refractivity contribution in [3.05, 3.63) is 29.8 Å². The highest BCUT2D eigenvalue weighted by Crippen LogP contribution is 2.13. The second-order valence-electron chi connectivity index (χ2n) is 4.51. The molecule has 0 aliphatic heterocycles. The van der Waals surface area contributed by atoms with Crippen LogP contribution in [0.15, 0.2) is 29.4 Å². The average molecular weight is 266 g/mol. The van der Waals surface area contributed by atoms with Gasteiger partial charge in [0.2, 0.25) is 0 Å². The third-order valence-corrected chi connectivity index (χ3v) is 2.41. The Bertz CT molecular complexity index is 394. The van der Waals surface area contributed by atoms with Crippen molar-refractivity contribution in [2.75, 3.05) is 13.7 Å². The van der Waals surface area contributed by atoms with Gasteiger partial charge in [-0.2, -0.15) is 0 Å². The van der Waals surface area contributed by atoms with Gasteiger partial charge in [-0.25, -0.2) is 0 Å². The van der Waals surface area contributed by atoms with Crippen LogP contribution < -0.4 is 10.1 Å². The van der Waals surface area contributed by atoms with E-state index in [-0.39, 0.29) is 0 Å². The van der Waals surface area contributed by atoms with E-state index in [0.29, 0.717) is 19.2 Å². The molecule has 1 aromatic rings. The van der Waals surface area contributed by atoms with Gasteiger partial charge in [0.05, 0.1) is 13.3 Å². The van der Waals surface area contributed by atoms with Gasteiger partial charge in [0.25, 0.3) is 0 Å². The largest absolute Gasteiger partial charge is 0.497 e. The van der Waals surface area contributed by atoms with Crippen LogP contribution in [-0.4, -0.2) is 37.1 Å². The highest BCUT2D eigenvalue weighted by molar-refractivity contribution is 5.62. The Kier molecular flexibility index (Phi) is 6.92. The maximum atomic E-state index is 9.57. The molecule has 1 atom stereocenters. The van der Waals surface area contributed by atoms with Crippen LogP contribution in [0.1, 0.15) is 19.4 Å². The predicted octanol–water partition coefficient (Wildman–Crippen LogP) is 1.56. The molecule has 0 saturated heterocycles. The molecule has 0 aliphatic carbocycles. The third-order valence-electron chi connectivity index (χ3n) is 2.41. The molecule has 0 aromatic heterocycles. The van der Waals surface area contributed by atoms with Crippen molar-refractivity contribution in [1.29, 1.82) is 0 Å². The summed E-state index contributed by atoms with van der Waals surface area (Å²) >= 11 is 0. The van der Waals surface area contributed by atoms with Crippen LogP contribution in [0.3, 0.4) is 0 Å². The molecule has 0 spiro atoms. The Morgan fingerprint density at radius 2 is 2.21 bits per heavy atom. The lowest BCUT2D eigenvalue weighted by Crippen LogP contribution is -2.32. The number of oxime groups is 1. The molecule has 0 heterocycles. The van der Waals surface area contributed by atoms with E-state index >= 15 is 0 Å². The fraction of sp³-hybridized carbons (Fsp3) is 0.500. The lowest BCUT2D eigenvalue weighted by Gasteiger charge is -2.09. The molecule has 19 heavy (non-hydrogen) atoms. The molecule has 0 saturated carbocycles. The van der Waals surface area contributed by atoms with Gasteiger partial charge in [-0.15, -0.1) is 0 Å². The van der Waals surface area contributed by atoms with E-state index in [2.05, 4.69) is 10.5 Å². The van der Waals surface area contributed by atoms with E-state index < -0.39 is 6.10 Å². The summed E-state index contributed by atoms with van der Waals surface area (Å²) < 4.78 is 5.11. The van der Waals surface area contributed by atoms with Gasteiger partial charge in [0, 0.05) is 12.6 Å². The number of methoxy groups -OCH3 is 1. The summed E-state index contributed by atoms with van der Waals surface area (Å²) in [5.41, 5.74) is 0.964. The summed E-state index contributed by atoms with van der Waals surface area (Å²) in [5, 5.41) is 16.4. The lowest BCUT2D eigenvalue weighted by molar-refractivity contribution is 0.126. The van der Waals surface area contributed by atoms with Gasteiger partial charge in [-0.3, -0.25) is 0 Å². The van der Waals surface area contributed by atoms with E-state index in [4.69, 9.17) is 9.57 Å². The zero-order chi connectivity index (χ0) is 14.1. The fourth-order valence-corrected chi connectivity index (χ4v) is 1.40. The normalized spacial score (nSPS) is 12.9. The van der Waals surface area contributed by atoms with E-state index in [0.717, 1.165) is 11.3 Å². The Morgan fingerprint density at radius 3 is 2.89 bits per heavy atom. The number of benzene rings is 1. The summed E-state index contributed by atoms with van der Waals surface area (Å²) in [5.74, 6) is 0.784. The molecule has 0 aliphatic rings. The van der Waals surface area contributed by atoms with Crippen molar-refractivity contribution in [2.24, 2.45) is 5.16 Å². The maximum Gasteiger partial charge on any atom is 0.142 e.